The van der Waals surface area contributed by atoms with E-state index in [1.807, 2.05) is 106 Å². The first-order valence-corrected chi connectivity index (χ1v) is 14.6. The quantitative estimate of drug-likeness (QED) is 0.162. The van der Waals surface area contributed by atoms with Gasteiger partial charge in [-0.25, -0.2) is 4.98 Å². The molecular formula is C36H38N4O3. The predicted octanol–water partition coefficient (Wildman–Crippen LogP) is 7.42. The maximum absolute atomic E-state index is 13.9. The summed E-state index contributed by atoms with van der Waals surface area (Å²) >= 11 is 0. The maximum atomic E-state index is 13.9. The van der Waals surface area contributed by atoms with E-state index in [9.17, 15) is 4.79 Å². The SMILES string of the molecule is CCOc1cc(C)c(-c2nc3ccccc3c(=O)n2N=Cc2ccc(N(C)C)cc2OCc2ccccc2)cc1C(C)C. The molecule has 0 N–H and O–H groups in total. The Bertz CT molecular complexity index is 1820. The first-order valence-electron chi connectivity index (χ1n) is 14.6. The first kappa shape index (κ1) is 29.6. The lowest BCUT2D eigenvalue weighted by molar-refractivity contribution is 0.306. The Hall–Kier alpha value is -4.91. The molecule has 5 rings (SSSR count). The number of fused-ring (bicyclic) bond motifs is 1. The van der Waals surface area contributed by atoms with E-state index in [0.717, 1.165) is 39.3 Å². The summed E-state index contributed by atoms with van der Waals surface area (Å²) in [7, 11) is 3.97. The summed E-state index contributed by atoms with van der Waals surface area (Å²) in [6.07, 6.45) is 1.67. The van der Waals surface area contributed by atoms with Gasteiger partial charge in [-0.2, -0.15) is 9.78 Å². The number of rotatable bonds is 10. The van der Waals surface area contributed by atoms with Crippen LogP contribution in [0.15, 0.2) is 94.8 Å². The number of nitrogens with zero attached hydrogens (tertiary/aromatic N) is 4. The van der Waals surface area contributed by atoms with Gasteiger partial charge in [0, 0.05) is 37.0 Å². The number of hydrogen-bond donors (Lipinski definition) is 0. The molecule has 0 saturated heterocycles. The molecule has 0 aliphatic carbocycles. The van der Waals surface area contributed by atoms with Crippen molar-refractivity contribution in [1.82, 2.24) is 9.66 Å². The van der Waals surface area contributed by atoms with Gasteiger partial charge in [0.2, 0.25) is 0 Å². The minimum absolute atomic E-state index is 0.213. The molecule has 220 valence electrons. The summed E-state index contributed by atoms with van der Waals surface area (Å²) in [6, 6.07) is 27.4. The smallest absolute Gasteiger partial charge is 0.282 e. The molecule has 7 nitrogen and oxygen atoms in total. The highest BCUT2D eigenvalue weighted by molar-refractivity contribution is 5.85. The zero-order valence-corrected chi connectivity index (χ0v) is 25.7. The van der Waals surface area contributed by atoms with E-state index in [1.54, 1.807) is 12.3 Å². The minimum Gasteiger partial charge on any atom is -0.494 e. The van der Waals surface area contributed by atoms with Crippen molar-refractivity contribution >= 4 is 22.8 Å². The topological polar surface area (TPSA) is 69.0 Å². The molecule has 7 heteroatoms. The fourth-order valence-electron chi connectivity index (χ4n) is 4.96. The Morgan fingerprint density at radius 1 is 0.930 bits per heavy atom. The fourth-order valence-corrected chi connectivity index (χ4v) is 4.96. The van der Waals surface area contributed by atoms with Crippen LogP contribution in [0.2, 0.25) is 0 Å². The normalized spacial score (nSPS) is 11.4. The van der Waals surface area contributed by atoms with E-state index in [0.29, 0.717) is 35.7 Å². The van der Waals surface area contributed by atoms with E-state index in [1.165, 1.54) is 4.68 Å². The molecule has 0 bridgehead atoms. The van der Waals surface area contributed by atoms with Crippen LogP contribution in [0.5, 0.6) is 11.5 Å². The molecule has 5 aromatic rings. The van der Waals surface area contributed by atoms with Crippen LogP contribution in [0.3, 0.4) is 0 Å². The van der Waals surface area contributed by atoms with Crippen LogP contribution >= 0.6 is 0 Å². The van der Waals surface area contributed by atoms with Gasteiger partial charge in [-0.1, -0.05) is 56.3 Å². The molecule has 0 unspecified atom stereocenters. The third-order valence-corrected chi connectivity index (χ3v) is 7.34. The monoisotopic (exact) mass is 574 g/mol. The van der Waals surface area contributed by atoms with E-state index in [-0.39, 0.29) is 11.5 Å². The number of ether oxygens (including phenoxy) is 2. The molecule has 0 fully saturated rings. The number of aryl methyl sites for hydroxylation is 1. The van der Waals surface area contributed by atoms with Gasteiger partial charge in [-0.3, -0.25) is 4.79 Å². The average molecular weight is 575 g/mol. The van der Waals surface area contributed by atoms with Crippen molar-refractivity contribution in [3.8, 4) is 22.9 Å². The molecule has 0 spiro atoms. The van der Waals surface area contributed by atoms with Crippen molar-refractivity contribution < 1.29 is 9.47 Å². The van der Waals surface area contributed by atoms with Gasteiger partial charge < -0.3 is 14.4 Å². The molecule has 0 radical (unpaired) electrons. The van der Waals surface area contributed by atoms with E-state index in [2.05, 4.69) is 19.9 Å². The molecule has 1 aromatic heterocycles. The Morgan fingerprint density at radius 2 is 1.67 bits per heavy atom. The van der Waals surface area contributed by atoms with E-state index in [4.69, 9.17) is 19.6 Å². The second-order valence-electron chi connectivity index (χ2n) is 11.0. The average Bonchev–Trinajstić information content (AvgIpc) is 3.00. The lowest BCUT2D eigenvalue weighted by Crippen LogP contribution is -2.21. The van der Waals surface area contributed by atoms with Crippen LogP contribution in [0, 0.1) is 6.92 Å². The summed E-state index contributed by atoms with van der Waals surface area (Å²) in [5.41, 5.74) is 6.01. The van der Waals surface area contributed by atoms with E-state index < -0.39 is 0 Å². The van der Waals surface area contributed by atoms with Gasteiger partial charge in [0.1, 0.15) is 18.1 Å². The molecule has 0 amide bonds. The molecule has 4 aromatic carbocycles. The summed E-state index contributed by atoms with van der Waals surface area (Å²) < 4.78 is 13.6. The highest BCUT2D eigenvalue weighted by Crippen LogP contribution is 2.34. The zero-order chi connectivity index (χ0) is 30.5. The second kappa shape index (κ2) is 12.9. The number of para-hydroxylation sites is 1. The first-order chi connectivity index (χ1) is 20.8. The summed E-state index contributed by atoms with van der Waals surface area (Å²) in [5, 5.41) is 5.26. The van der Waals surface area contributed by atoms with Crippen molar-refractivity contribution in [3.05, 3.63) is 118 Å². The van der Waals surface area contributed by atoms with Crippen LogP contribution < -0.4 is 19.9 Å². The van der Waals surface area contributed by atoms with E-state index >= 15 is 0 Å². The zero-order valence-electron chi connectivity index (χ0n) is 25.7. The Balaban J connectivity index is 1.65. The van der Waals surface area contributed by atoms with Crippen LogP contribution in [-0.2, 0) is 6.61 Å². The maximum Gasteiger partial charge on any atom is 0.282 e. The van der Waals surface area contributed by atoms with Gasteiger partial charge in [0.15, 0.2) is 5.82 Å². The van der Waals surface area contributed by atoms with Gasteiger partial charge in [0.05, 0.1) is 23.7 Å². The van der Waals surface area contributed by atoms with Crippen molar-refractivity contribution in [2.45, 2.75) is 40.2 Å². The van der Waals surface area contributed by atoms with Crippen molar-refractivity contribution in [1.29, 1.82) is 0 Å². The van der Waals surface area contributed by atoms with Gasteiger partial charge in [0.25, 0.3) is 5.56 Å². The molecule has 0 saturated carbocycles. The van der Waals surface area contributed by atoms with Gasteiger partial charge >= 0.3 is 0 Å². The third kappa shape index (κ3) is 6.46. The third-order valence-electron chi connectivity index (χ3n) is 7.34. The lowest BCUT2D eigenvalue weighted by atomic mass is 9.96. The van der Waals surface area contributed by atoms with Crippen LogP contribution in [0.1, 0.15) is 48.9 Å². The summed E-state index contributed by atoms with van der Waals surface area (Å²) in [6.45, 7) is 9.23. The van der Waals surface area contributed by atoms with Crippen LogP contribution in [-0.4, -0.2) is 36.6 Å². The number of hydrogen-bond acceptors (Lipinski definition) is 6. The Labute approximate surface area is 253 Å². The van der Waals surface area contributed by atoms with Crippen molar-refractivity contribution in [3.63, 3.8) is 0 Å². The molecule has 0 aliphatic rings. The van der Waals surface area contributed by atoms with Gasteiger partial charge in [-0.15, -0.1) is 0 Å². The number of benzene rings is 4. The number of aromatic nitrogens is 2. The number of anilines is 1. The fraction of sp³-hybridized carbons (Fsp3) is 0.250. The summed E-state index contributed by atoms with van der Waals surface area (Å²) in [5.74, 6) is 2.20. The van der Waals surface area contributed by atoms with Crippen molar-refractivity contribution in [2.75, 3.05) is 25.6 Å². The Morgan fingerprint density at radius 3 is 2.40 bits per heavy atom. The molecule has 0 atom stereocenters. The standard InChI is InChI=1S/C36H38N4O3/c1-7-42-34-19-25(4)31(21-30(34)24(2)3)35-38-32-16-12-11-15-29(32)36(41)40(35)37-22-27-17-18-28(39(5)6)20-33(27)43-23-26-13-9-8-10-14-26/h8-22,24H,7,23H2,1-6H3. The second-order valence-corrected chi connectivity index (χ2v) is 11.0. The highest BCUT2D eigenvalue weighted by Gasteiger charge is 2.19. The molecule has 1 heterocycles. The van der Waals surface area contributed by atoms with Crippen LogP contribution in [0.4, 0.5) is 5.69 Å². The largest absolute Gasteiger partial charge is 0.494 e. The van der Waals surface area contributed by atoms with Crippen molar-refractivity contribution in [2.24, 2.45) is 5.10 Å². The lowest BCUT2D eigenvalue weighted by Gasteiger charge is -2.18. The van der Waals surface area contributed by atoms with Crippen LogP contribution in [0.25, 0.3) is 22.3 Å². The van der Waals surface area contributed by atoms with Gasteiger partial charge in [-0.05, 0) is 72.9 Å². The predicted molar refractivity (Wildman–Crippen MR) is 176 cm³/mol. The molecule has 43 heavy (non-hydrogen) atoms. The molecule has 0 aliphatic heterocycles. The summed E-state index contributed by atoms with van der Waals surface area (Å²) in [4.78, 5) is 20.9. The highest BCUT2D eigenvalue weighted by atomic mass is 16.5. The molecular weight excluding hydrogens is 536 g/mol. The Kier molecular flexibility index (Phi) is 8.90. The minimum atomic E-state index is -0.243.